The van der Waals surface area contributed by atoms with Gasteiger partial charge in [0, 0.05) is 53.6 Å². The molecule has 10 unspecified atom stereocenters. The van der Waals surface area contributed by atoms with E-state index in [0.29, 0.717) is 37.1 Å². The number of carbonyl (C=O) groups is 2. The number of ketones is 1. The number of benzene rings is 1. The SMILES string of the molecule is CNC(=O)C1CCC2CCC3CC(NC4CC(NCOCc5ccc(OC)cc5)C(F)CC4F)CCC3C(=O)C2C1.[HH].[HH].[HH]. The average molecular weight is 582 g/mol. The molecule has 0 saturated heterocycles. The molecule has 0 spiro atoms. The molecule has 4 fully saturated rings. The van der Waals surface area contributed by atoms with Crippen LogP contribution in [0.15, 0.2) is 24.3 Å². The molecule has 4 aliphatic rings. The van der Waals surface area contributed by atoms with Crippen LogP contribution in [-0.4, -0.2) is 63.0 Å². The summed E-state index contributed by atoms with van der Waals surface area (Å²) in [5.41, 5.74) is 0.995. The molecule has 0 aromatic heterocycles. The second kappa shape index (κ2) is 13.9. The van der Waals surface area contributed by atoms with Crippen molar-refractivity contribution < 1.29 is 32.1 Å². The fourth-order valence-electron chi connectivity index (χ4n) is 8.04. The Morgan fingerprint density at radius 2 is 1.63 bits per heavy atom. The van der Waals surface area contributed by atoms with Crippen molar-refractivity contribution >= 4 is 11.7 Å². The minimum atomic E-state index is -1.26. The van der Waals surface area contributed by atoms with Crippen molar-refractivity contribution in [2.45, 2.75) is 101 Å². The smallest absolute Gasteiger partial charge is 0.222 e. The molecule has 9 heteroatoms. The number of nitrogens with one attached hydrogen (secondary N) is 3. The van der Waals surface area contributed by atoms with E-state index in [4.69, 9.17) is 9.47 Å². The molecule has 7 nitrogen and oxygen atoms in total. The van der Waals surface area contributed by atoms with Crippen molar-refractivity contribution in [1.29, 1.82) is 0 Å². The van der Waals surface area contributed by atoms with Gasteiger partial charge in [0.1, 0.15) is 23.9 Å². The summed E-state index contributed by atoms with van der Waals surface area (Å²) in [6.45, 7) is 0.588. The molecule has 0 radical (unpaired) electrons. The minimum absolute atomic E-state index is 0. The number of amides is 1. The topological polar surface area (TPSA) is 88.7 Å². The van der Waals surface area contributed by atoms with E-state index in [1.54, 1.807) is 14.2 Å². The number of rotatable bonds is 9. The molecule has 10 atom stereocenters. The fourth-order valence-corrected chi connectivity index (χ4v) is 8.04. The quantitative estimate of drug-likeness (QED) is 0.274. The molecule has 1 aromatic rings. The molecule has 3 N–H and O–H groups in total. The number of halogens is 2. The zero-order chi connectivity index (χ0) is 28.9. The standard InChI is InChI=1S/C32H47F2N3O4.3H2/c1-35-32(39)22-8-6-20-5-7-21-13-23(9-12-25(21)31(38)26(20)14-22)37-30-16-29(27(33)15-28(30)34)36-18-41-17-19-3-10-24(40-2)11-4-19;;;/h3-4,10-11,20-23,25-30,36-37H,5-9,12-18H2,1-2H3,(H,35,39);3*1H. The Hall–Kier alpha value is -2.10. The Labute approximate surface area is 247 Å². The van der Waals surface area contributed by atoms with Crippen LogP contribution in [0.1, 0.15) is 74.1 Å². The van der Waals surface area contributed by atoms with Crippen molar-refractivity contribution in [3.05, 3.63) is 29.8 Å². The first-order valence-electron chi connectivity index (χ1n) is 15.6. The van der Waals surface area contributed by atoms with Gasteiger partial charge < -0.3 is 20.1 Å². The Morgan fingerprint density at radius 1 is 0.902 bits per heavy atom. The van der Waals surface area contributed by atoms with Crippen LogP contribution in [0.4, 0.5) is 8.78 Å². The van der Waals surface area contributed by atoms with Crippen molar-refractivity contribution in [2.24, 2.45) is 29.6 Å². The third kappa shape index (κ3) is 7.28. The van der Waals surface area contributed by atoms with Gasteiger partial charge in [0.2, 0.25) is 5.91 Å². The molecule has 41 heavy (non-hydrogen) atoms. The van der Waals surface area contributed by atoms with Crippen LogP contribution in [0, 0.1) is 29.6 Å². The monoisotopic (exact) mass is 581 g/mol. The second-order valence-corrected chi connectivity index (χ2v) is 12.8. The Bertz CT molecular complexity index is 1040. The van der Waals surface area contributed by atoms with E-state index in [0.717, 1.165) is 56.3 Å². The molecule has 5 rings (SSSR count). The first-order valence-corrected chi connectivity index (χ1v) is 15.6. The van der Waals surface area contributed by atoms with E-state index in [9.17, 15) is 14.0 Å². The van der Waals surface area contributed by atoms with Crippen LogP contribution in [0.3, 0.4) is 0 Å². The number of hydrogen-bond donors (Lipinski definition) is 3. The van der Waals surface area contributed by atoms with Gasteiger partial charge in [-0.2, -0.15) is 0 Å². The fraction of sp³-hybridized carbons (Fsp3) is 0.750. The lowest BCUT2D eigenvalue weighted by atomic mass is 9.68. The summed E-state index contributed by atoms with van der Waals surface area (Å²) in [4.78, 5) is 25.9. The molecule has 1 aromatic carbocycles. The summed E-state index contributed by atoms with van der Waals surface area (Å²) in [7, 11) is 3.29. The van der Waals surface area contributed by atoms with E-state index >= 15 is 4.39 Å². The zero-order valence-electron chi connectivity index (χ0n) is 24.5. The van der Waals surface area contributed by atoms with Crippen molar-refractivity contribution in [1.82, 2.24) is 16.0 Å². The van der Waals surface area contributed by atoms with Gasteiger partial charge in [0.15, 0.2) is 0 Å². The predicted octanol–water partition coefficient (Wildman–Crippen LogP) is 5.22. The highest BCUT2D eigenvalue weighted by atomic mass is 19.1. The van der Waals surface area contributed by atoms with Crippen LogP contribution in [0.25, 0.3) is 0 Å². The van der Waals surface area contributed by atoms with E-state index in [-0.39, 0.29) is 47.1 Å². The Kier molecular flexibility index (Phi) is 10.3. The third-order valence-electron chi connectivity index (χ3n) is 10.4. The Morgan fingerprint density at radius 3 is 2.39 bits per heavy atom. The van der Waals surface area contributed by atoms with Gasteiger partial charge in [0.05, 0.1) is 20.4 Å². The highest BCUT2D eigenvalue weighted by Gasteiger charge is 2.47. The highest BCUT2D eigenvalue weighted by molar-refractivity contribution is 5.86. The molecule has 4 aliphatic carbocycles. The maximum absolute atomic E-state index is 15.0. The molecule has 0 heterocycles. The summed E-state index contributed by atoms with van der Waals surface area (Å²) in [6, 6.07) is 6.85. The van der Waals surface area contributed by atoms with Crippen molar-refractivity contribution in [3.63, 3.8) is 0 Å². The van der Waals surface area contributed by atoms with Gasteiger partial charge in [-0.1, -0.05) is 12.1 Å². The lowest BCUT2D eigenvalue weighted by molar-refractivity contribution is -0.134. The normalized spacial score (nSPS) is 37.4. The summed E-state index contributed by atoms with van der Waals surface area (Å²) in [6.07, 6.45) is 4.80. The third-order valence-corrected chi connectivity index (χ3v) is 10.4. The predicted molar refractivity (Wildman–Crippen MR) is 159 cm³/mol. The highest BCUT2D eigenvalue weighted by Crippen LogP contribution is 2.47. The molecular formula is C32H53F2N3O4. The van der Waals surface area contributed by atoms with E-state index < -0.39 is 24.4 Å². The van der Waals surface area contributed by atoms with Gasteiger partial charge in [-0.05, 0) is 87.3 Å². The maximum Gasteiger partial charge on any atom is 0.222 e. The number of Topliss-reactive ketones (excluding diaryl/α,β-unsaturated/α-hetero) is 1. The molecule has 0 aliphatic heterocycles. The average Bonchev–Trinajstić information content (AvgIpc) is 3.13. The molecule has 234 valence electrons. The van der Waals surface area contributed by atoms with E-state index in [2.05, 4.69) is 16.0 Å². The van der Waals surface area contributed by atoms with Gasteiger partial charge in [-0.25, -0.2) is 8.78 Å². The summed E-state index contributed by atoms with van der Waals surface area (Å²) < 4.78 is 40.7. The number of hydrogen-bond acceptors (Lipinski definition) is 6. The van der Waals surface area contributed by atoms with Crippen LogP contribution in [-0.2, 0) is 20.9 Å². The van der Waals surface area contributed by atoms with Gasteiger partial charge >= 0.3 is 0 Å². The molecule has 1 amide bonds. The lowest BCUT2D eigenvalue weighted by Crippen LogP contribution is -2.56. The van der Waals surface area contributed by atoms with Gasteiger partial charge in [-0.3, -0.25) is 14.9 Å². The summed E-state index contributed by atoms with van der Waals surface area (Å²) in [5, 5.41) is 9.47. The first kappa shape index (κ1) is 30.4. The first-order chi connectivity index (χ1) is 19.9. The molecule has 0 bridgehead atoms. The number of fused-ring (bicyclic) bond motifs is 2. The number of methoxy groups -OCH3 is 1. The van der Waals surface area contributed by atoms with E-state index in [1.165, 1.54) is 0 Å². The maximum atomic E-state index is 15.0. The number of ether oxygens (including phenoxy) is 2. The lowest BCUT2D eigenvalue weighted by Gasteiger charge is -2.41. The van der Waals surface area contributed by atoms with Crippen molar-refractivity contribution in [2.75, 3.05) is 20.9 Å². The largest absolute Gasteiger partial charge is 0.497 e. The van der Waals surface area contributed by atoms with Gasteiger partial charge in [-0.15, -0.1) is 0 Å². The number of carbonyl (C=O) groups excluding carboxylic acids is 2. The number of alkyl halides is 2. The summed E-state index contributed by atoms with van der Waals surface area (Å²) in [5.74, 6) is 1.88. The Balaban J connectivity index is 0.00000225. The van der Waals surface area contributed by atoms with Crippen LogP contribution in [0.5, 0.6) is 5.75 Å². The van der Waals surface area contributed by atoms with Crippen LogP contribution >= 0.6 is 0 Å². The van der Waals surface area contributed by atoms with E-state index in [1.807, 2.05) is 24.3 Å². The van der Waals surface area contributed by atoms with Gasteiger partial charge in [0.25, 0.3) is 0 Å². The minimum Gasteiger partial charge on any atom is -0.497 e. The van der Waals surface area contributed by atoms with Crippen LogP contribution in [0.2, 0.25) is 0 Å². The second-order valence-electron chi connectivity index (χ2n) is 12.8. The molecular weight excluding hydrogens is 528 g/mol. The van der Waals surface area contributed by atoms with Crippen LogP contribution < -0.4 is 20.7 Å². The summed E-state index contributed by atoms with van der Waals surface area (Å²) >= 11 is 0. The van der Waals surface area contributed by atoms with Crippen molar-refractivity contribution in [3.8, 4) is 5.75 Å². The zero-order valence-corrected chi connectivity index (χ0v) is 24.5. The molecule has 4 saturated carbocycles.